The van der Waals surface area contributed by atoms with Crippen molar-refractivity contribution < 1.29 is 14.6 Å². The third-order valence-corrected chi connectivity index (χ3v) is 4.54. The van der Waals surface area contributed by atoms with Crippen LogP contribution in [-0.2, 0) is 4.74 Å². The minimum absolute atomic E-state index is 0.0261. The molecule has 0 saturated carbocycles. The lowest BCUT2D eigenvalue weighted by molar-refractivity contribution is 0.0231. The minimum Gasteiger partial charge on any atom is -0.497 e. The van der Waals surface area contributed by atoms with Gasteiger partial charge in [0.2, 0.25) is 0 Å². The van der Waals surface area contributed by atoms with Crippen molar-refractivity contribution in [3.8, 4) is 5.75 Å². The highest BCUT2D eigenvalue weighted by Gasteiger charge is 2.42. The molecule has 106 valence electrons. The van der Waals surface area contributed by atoms with E-state index in [0.717, 1.165) is 5.56 Å². The van der Waals surface area contributed by atoms with Gasteiger partial charge >= 0.3 is 0 Å². The van der Waals surface area contributed by atoms with Crippen molar-refractivity contribution in [1.29, 1.82) is 0 Å². The van der Waals surface area contributed by atoms with Gasteiger partial charge < -0.3 is 14.6 Å². The fourth-order valence-electron chi connectivity index (χ4n) is 2.92. The van der Waals surface area contributed by atoms with Crippen LogP contribution in [0.4, 0.5) is 0 Å². The quantitative estimate of drug-likeness (QED) is 0.924. The third kappa shape index (κ3) is 2.73. The number of benzene rings is 1. The van der Waals surface area contributed by atoms with Crippen molar-refractivity contribution in [2.75, 3.05) is 7.11 Å². The summed E-state index contributed by atoms with van der Waals surface area (Å²) >= 11 is 6.23. The number of methoxy groups -OCH3 is 1. The Hall–Kier alpha value is -0.770. The lowest BCUT2D eigenvalue weighted by Crippen LogP contribution is -2.25. The number of halogens is 1. The van der Waals surface area contributed by atoms with E-state index in [-0.39, 0.29) is 18.1 Å². The third-order valence-electron chi connectivity index (χ3n) is 4.21. The summed E-state index contributed by atoms with van der Waals surface area (Å²) in [5.74, 6) is 1.04. The van der Waals surface area contributed by atoms with Gasteiger partial charge in [-0.2, -0.15) is 0 Å². The van der Waals surface area contributed by atoms with E-state index in [1.54, 1.807) is 13.2 Å². The molecule has 1 N–H and O–H groups in total. The Balaban J connectivity index is 2.26. The van der Waals surface area contributed by atoms with Crippen molar-refractivity contribution in [1.82, 2.24) is 0 Å². The van der Waals surface area contributed by atoms with Crippen LogP contribution in [-0.4, -0.2) is 24.4 Å². The van der Waals surface area contributed by atoms with Crippen LogP contribution in [0.1, 0.15) is 32.4 Å². The van der Waals surface area contributed by atoms with Crippen LogP contribution in [0.15, 0.2) is 18.2 Å². The molecule has 0 spiro atoms. The molecule has 2 rings (SSSR count). The second-order valence-corrected chi connectivity index (χ2v) is 5.72. The Bertz CT molecular complexity index is 449. The van der Waals surface area contributed by atoms with E-state index in [0.29, 0.717) is 16.7 Å². The molecular formula is C15H21ClO3. The molecule has 1 heterocycles. The molecule has 0 radical (unpaired) electrons. The monoisotopic (exact) mass is 284 g/mol. The lowest BCUT2D eigenvalue weighted by atomic mass is 9.82. The van der Waals surface area contributed by atoms with Crippen LogP contribution in [0.25, 0.3) is 0 Å². The predicted octanol–water partition coefficient (Wildman–Crippen LogP) is 3.44. The summed E-state index contributed by atoms with van der Waals surface area (Å²) in [6, 6.07) is 5.38. The van der Waals surface area contributed by atoms with E-state index < -0.39 is 6.10 Å². The number of aliphatic hydroxyl groups excluding tert-OH is 1. The van der Waals surface area contributed by atoms with Gasteiger partial charge in [0.25, 0.3) is 0 Å². The summed E-state index contributed by atoms with van der Waals surface area (Å²) in [5.41, 5.74) is 0.740. The number of ether oxygens (including phenoxy) is 2. The molecule has 19 heavy (non-hydrogen) atoms. The SMILES string of the molecule is COc1ccc(C(O)C2C(C)OC(C)C2C)c(Cl)c1. The van der Waals surface area contributed by atoms with Crippen LogP contribution < -0.4 is 4.74 Å². The number of hydrogen-bond donors (Lipinski definition) is 1. The molecule has 0 bridgehead atoms. The second-order valence-electron chi connectivity index (χ2n) is 5.32. The number of rotatable bonds is 3. The summed E-state index contributed by atoms with van der Waals surface area (Å²) in [4.78, 5) is 0. The molecule has 1 saturated heterocycles. The fourth-order valence-corrected chi connectivity index (χ4v) is 3.20. The lowest BCUT2D eigenvalue weighted by Gasteiger charge is -2.25. The Morgan fingerprint density at radius 3 is 2.42 bits per heavy atom. The topological polar surface area (TPSA) is 38.7 Å². The average Bonchev–Trinajstić information content (AvgIpc) is 2.62. The first-order valence-electron chi connectivity index (χ1n) is 6.62. The van der Waals surface area contributed by atoms with Gasteiger partial charge in [0.1, 0.15) is 5.75 Å². The smallest absolute Gasteiger partial charge is 0.120 e. The molecule has 4 heteroatoms. The van der Waals surface area contributed by atoms with Gasteiger partial charge in [0.15, 0.2) is 0 Å². The second kappa shape index (κ2) is 5.70. The Morgan fingerprint density at radius 2 is 1.95 bits per heavy atom. The van der Waals surface area contributed by atoms with Gasteiger partial charge in [0.05, 0.1) is 30.4 Å². The molecule has 3 nitrogen and oxygen atoms in total. The van der Waals surface area contributed by atoms with Gasteiger partial charge in [-0.3, -0.25) is 0 Å². The van der Waals surface area contributed by atoms with Crippen molar-refractivity contribution in [2.45, 2.75) is 39.1 Å². The number of hydrogen-bond acceptors (Lipinski definition) is 3. The van der Waals surface area contributed by atoms with Crippen molar-refractivity contribution >= 4 is 11.6 Å². The van der Waals surface area contributed by atoms with Crippen LogP contribution >= 0.6 is 11.6 Å². The van der Waals surface area contributed by atoms with Gasteiger partial charge in [0, 0.05) is 5.92 Å². The van der Waals surface area contributed by atoms with E-state index >= 15 is 0 Å². The van der Waals surface area contributed by atoms with Crippen molar-refractivity contribution in [3.05, 3.63) is 28.8 Å². The van der Waals surface area contributed by atoms with E-state index in [2.05, 4.69) is 6.92 Å². The molecule has 5 unspecified atom stereocenters. The summed E-state index contributed by atoms with van der Waals surface area (Å²) < 4.78 is 10.9. The van der Waals surface area contributed by atoms with Gasteiger partial charge in [-0.15, -0.1) is 0 Å². The maximum atomic E-state index is 10.6. The average molecular weight is 285 g/mol. The van der Waals surface area contributed by atoms with Crippen LogP contribution in [0.3, 0.4) is 0 Å². The molecule has 1 fully saturated rings. The van der Waals surface area contributed by atoms with E-state index in [1.807, 2.05) is 26.0 Å². The first kappa shape index (κ1) is 14.6. The Labute approximate surface area is 119 Å². The maximum Gasteiger partial charge on any atom is 0.120 e. The summed E-state index contributed by atoms with van der Waals surface area (Å²) in [7, 11) is 1.60. The largest absolute Gasteiger partial charge is 0.497 e. The zero-order chi connectivity index (χ0) is 14.2. The molecular weight excluding hydrogens is 264 g/mol. The van der Waals surface area contributed by atoms with Crippen LogP contribution in [0.5, 0.6) is 5.75 Å². The highest BCUT2D eigenvalue weighted by Crippen LogP contribution is 2.42. The van der Waals surface area contributed by atoms with Crippen LogP contribution in [0.2, 0.25) is 5.02 Å². The van der Waals surface area contributed by atoms with E-state index in [1.165, 1.54) is 0 Å². The summed E-state index contributed by atoms with van der Waals surface area (Å²) in [6.07, 6.45) is -0.432. The summed E-state index contributed by atoms with van der Waals surface area (Å²) in [5, 5.41) is 11.2. The Morgan fingerprint density at radius 1 is 1.26 bits per heavy atom. The highest BCUT2D eigenvalue weighted by molar-refractivity contribution is 6.31. The molecule has 1 aliphatic rings. The van der Waals surface area contributed by atoms with E-state index in [4.69, 9.17) is 21.1 Å². The molecule has 1 aromatic carbocycles. The first-order chi connectivity index (χ1) is 8.95. The molecule has 5 atom stereocenters. The molecule has 0 aliphatic carbocycles. The normalized spacial score (nSPS) is 32.3. The Kier molecular flexibility index (Phi) is 4.39. The first-order valence-corrected chi connectivity index (χ1v) is 7.00. The maximum absolute atomic E-state index is 10.6. The predicted molar refractivity (Wildman–Crippen MR) is 75.6 cm³/mol. The zero-order valence-corrected chi connectivity index (χ0v) is 12.5. The van der Waals surface area contributed by atoms with Crippen LogP contribution in [0, 0.1) is 11.8 Å². The molecule has 0 aromatic heterocycles. The van der Waals surface area contributed by atoms with Gasteiger partial charge in [-0.05, 0) is 37.5 Å². The van der Waals surface area contributed by atoms with Crippen molar-refractivity contribution in [2.24, 2.45) is 11.8 Å². The van der Waals surface area contributed by atoms with Crippen molar-refractivity contribution in [3.63, 3.8) is 0 Å². The highest BCUT2D eigenvalue weighted by atomic mass is 35.5. The molecule has 1 aromatic rings. The minimum atomic E-state index is -0.617. The summed E-state index contributed by atoms with van der Waals surface area (Å²) in [6.45, 7) is 6.16. The van der Waals surface area contributed by atoms with E-state index in [9.17, 15) is 5.11 Å². The fraction of sp³-hybridized carbons (Fsp3) is 0.600. The number of aliphatic hydroxyl groups is 1. The zero-order valence-electron chi connectivity index (χ0n) is 11.8. The van der Waals surface area contributed by atoms with Gasteiger partial charge in [-0.1, -0.05) is 24.6 Å². The molecule has 0 amide bonds. The molecule has 1 aliphatic heterocycles. The van der Waals surface area contributed by atoms with Gasteiger partial charge in [-0.25, -0.2) is 0 Å². The standard InChI is InChI=1S/C15H21ClO3/c1-8-9(2)19-10(3)14(8)15(17)12-6-5-11(18-4)7-13(12)16/h5-10,14-15,17H,1-4H3.